The third-order valence-corrected chi connectivity index (χ3v) is 9.85. The molecule has 7 nitrogen and oxygen atoms in total. The van der Waals surface area contributed by atoms with Crippen molar-refractivity contribution in [1.29, 1.82) is 0 Å². The van der Waals surface area contributed by atoms with Crippen LogP contribution in [-0.2, 0) is 33.4 Å². The number of cyclic esters (lactones) is 4. The highest BCUT2D eigenvalue weighted by Gasteiger charge is 2.78. The van der Waals surface area contributed by atoms with Gasteiger partial charge in [-0.3, -0.25) is 24.0 Å². The Morgan fingerprint density at radius 1 is 0.607 bits per heavy atom. The highest BCUT2D eigenvalue weighted by molar-refractivity contribution is 6.02. The van der Waals surface area contributed by atoms with Crippen LogP contribution in [0.25, 0.3) is 0 Å². The van der Waals surface area contributed by atoms with Crippen LogP contribution in [0.3, 0.4) is 0 Å². The number of Topliss-reactive ketones (excluding diaryl/α,β-unsaturated/α-hetero) is 1. The zero-order chi connectivity index (χ0) is 19.2. The van der Waals surface area contributed by atoms with E-state index in [-0.39, 0.29) is 41.3 Å². The van der Waals surface area contributed by atoms with Gasteiger partial charge in [0.15, 0.2) is 0 Å². The van der Waals surface area contributed by atoms with Gasteiger partial charge >= 0.3 is 23.9 Å². The zero-order valence-corrected chi connectivity index (χ0v) is 15.2. The predicted molar refractivity (Wildman–Crippen MR) is 87.7 cm³/mol. The fraction of sp³-hybridized carbons (Fsp3) is 0.762. The lowest BCUT2D eigenvalue weighted by atomic mass is 9.58. The van der Waals surface area contributed by atoms with E-state index in [1.54, 1.807) is 0 Å². The Labute approximate surface area is 160 Å². The summed E-state index contributed by atoms with van der Waals surface area (Å²) >= 11 is 0. The highest BCUT2D eigenvalue weighted by Crippen LogP contribution is 2.75. The number of hydrogen-bond acceptors (Lipinski definition) is 7. The Morgan fingerprint density at radius 3 is 1.43 bits per heavy atom. The number of ketones is 1. The summed E-state index contributed by atoms with van der Waals surface area (Å²) in [6, 6.07) is 0. The number of ether oxygens (including phenoxy) is 2. The number of fused-ring (bicyclic) bond motifs is 12. The van der Waals surface area contributed by atoms with E-state index in [9.17, 15) is 24.0 Å². The van der Waals surface area contributed by atoms with Gasteiger partial charge in [0.05, 0.1) is 23.7 Å². The van der Waals surface area contributed by atoms with Crippen molar-refractivity contribution in [3.05, 3.63) is 0 Å². The van der Waals surface area contributed by atoms with Crippen LogP contribution < -0.4 is 0 Å². The van der Waals surface area contributed by atoms with Crippen molar-refractivity contribution in [3.8, 4) is 0 Å². The van der Waals surface area contributed by atoms with Gasteiger partial charge in [-0.15, -0.1) is 0 Å². The number of rotatable bonds is 0. The summed E-state index contributed by atoms with van der Waals surface area (Å²) in [5.74, 6) is -3.28. The Kier molecular flexibility index (Phi) is 2.49. The number of esters is 4. The molecule has 146 valence electrons. The van der Waals surface area contributed by atoms with Crippen LogP contribution in [-0.4, -0.2) is 29.7 Å². The molecule has 2 aliphatic heterocycles. The smallest absolute Gasteiger partial charge is 0.317 e. The van der Waals surface area contributed by atoms with E-state index in [0.29, 0.717) is 12.8 Å². The molecule has 7 rings (SSSR count). The molecule has 0 radical (unpaired) electrons. The summed E-state index contributed by atoms with van der Waals surface area (Å²) in [4.78, 5) is 62.8. The Balaban J connectivity index is 1.27. The van der Waals surface area contributed by atoms with E-state index >= 15 is 0 Å². The van der Waals surface area contributed by atoms with Crippen molar-refractivity contribution in [3.63, 3.8) is 0 Å². The minimum absolute atomic E-state index is 0.0532. The fourth-order valence-electron chi connectivity index (χ4n) is 9.16. The lowest BCUT2D eigenvalue weighted by Crippen LogP contribution is -2.48. The molecule has 0 aromatic heterocycles. The molecular weight excluding hydrogens is 364 g/mol. The van der Waals surface area contributed by atoms with Gasteiger partial charge in [0.2, 0.25) is 0 Å². The van der Waals surface area contributed by atoms with Gasteiger partial charge in [0.1, 0.15) is 5.78 Å². The number of hydrogen-bond donors (Lipinski definition) is 0. The Bertz CT molecular complexity index is 850. The second-order valence-electron chi connectivity index (χ2n) is 10.3. The van der Waals surface area contributed by atoms with Crippen molar-refractivity contribution in [2.75, 3.05) is 0 Å². The lowest BCUT2D eigenvalue weighted by molar-refractivity contribution is -0.156. The molecular formula is C21H20O7. The highest BCUT2D eigenvalue weighted by atomic mass is 16.6. The van der Waals surface area contributed by atoms with Crippen LogP contribution >= 0.6 is 0 Å². The molecule has 0 N–H and O–H groups in total. The molecule has 7 aliphatic rings. The average molecular weight is 384 g/mol. The monoisotopic (exact) mass is 384 g/mol. The normalized spacial score (nSPS) is 57.6. The maximum absolute atomic E-state index is 14.0. The van der Waals surface area contributed by atoms with E-state index in [0.717, 1.165) is 25.7 Å². The van der Waals surface area contributed by atoms with E-state index in [1.165, 1.54) is 0 Å². The number of carbonyl (C=O) groups is 5. The molecule has 5 aliphatic carbocycles. The third kappa shape index (κ3) is 1.40. The first-order valence-electron chi connectivity index (χ1n) is 10.4. The van der Waals surface area contributed by atoms with E-state index < -0.39 is 46.5 Å². The molecule has 7 fully saturated rings. The molecule has 2 spiro atoms. The van der Waals surface area contributed by atoms with Gasteiger partial charge in [-0.1, -0.05) is 0 Å². The maximum Gasteiger partial charge on any atom is 0.317 e. The van der Waals surface area contributed by atoms with Crippen LogP contribution in [0.4, 0.5) is 0 Å². The molecule has 5 saturated carbocycles. The SMILES string of the molecule is O=C1OC(=O)[C@@H]2C1[C@@H]1CC2[C@]2(CC[C@]3(C[C@@H]4C[C@H]3C3C(=O)OC(=O)[C@H]34)C2=O)C1. The zero-order valence-electron chi connectivity index (χ0n) is 15.2. The van der Waals surface area contributed by atoms with Crippen molar-refractivity contribution in [2.24, 2.45) is 58.2 Å². The summed E-state index contributed by atoms with van der Waals surface area (Å²) in [5, 5.41) is 0. The topological polar surface area (TPSA) is 104 Å². The minimum atomic E-state index is -0.554. The van der Waals surface area contributed by atoms with Crippen LogP contribution in [0.5, 0.6) is 0 Å². The fourth-order valence-corrected chi connectivity index (χ4v) is 9.16. The second kappa shape index (κ2) is 4.41. The van der Waals surface area contributed by atoms with Crippen molar-refractivity contribution in [1.82, 2.24) is 0 Å². The van der Waals surface area contributed by atoms with Crippen molar-refractivity contribution >= 4 is 29.7 Å². The molecule has 10 atom stereocenters. The summed E-state index contributed by atoms with van der Waals surface area (Å²) < 4.78 is 9.82. The van der Waals surface area contributed by atoms with Gasteiger partial charge in [0, 0.05) is 10.8 Å². The third-order valence-electron chi connectivity index (χ3n) is 9.85. The summed E-state index contributed by atoms with van der Waals surface area (Å²) in [5.41, 5.74) is -1.11. The molecule has 0 aromatic carbocycles. The quantitative estimate of drug-likeness (QED) is 0.454. The molecule has 4 bridgehead atoms. The summed E-state index contributed by atoms with van der Waals surface area (Å²) in [6.07, 6.45) is 4.27. The predicted octanol–water partition coefficient (Wildman–Crippen LogP) is 1.03. The van der Waals surface area contributed by atoms with Gasteiger partial charge in [-0.25, -0.2) is 0 Å². The first kappa shape index (κ1) is 15.8. The van der Waals surface area contributed by atoms with Crippen molar-refractivity contribution in [2.45, 2.75) is 38.5 Å². The van der Waals surface area contributed by atoms with Crippen LogP contribution in [0.1, 0.15) is 38.5 Å². The first-order chi connectivity index (χ1) is 13.4. The molecule has 28 heavy (non-hydrogen) atoms. The number of carbonyl (C=O) groups excluding carboxylic acids is 5. The van der Waals surface area contributed by atoms with E-state index in [1.807, 2.05) is 0 Å². The van der Waals surface area contributed by atoms with Crippen LogP contribution in [0.2, 0.25) is 0 Å². The van der Waals surface area contributed by atoms with Crippen LogP contribution in [0, 0.1) is 58.2 Å². The molecule has 2 heterocycles. The van der Waals surface area contributed by atoms with Gasteiger partial charge in [-0.05, 0) is 62.2 Å². The van der Waals surface area contributed by atoms with Gasteiger partial charge in [0.25, 0.3) is 0 Å². The minimum Gasteiger partial charge on any atom is -0.393 e. The maximum atomic E-state index is 14.0. The van der Waals surface area contributed by atoms with E-state index in [4.69, 9.17) is 9.47 Å². The largest absolute Gasteiger partial charge is 0.393 e. The van der Waals surface area contributed by atoms with Gasteiger partial charge < -0.3 is 9.47 Å². The lowest BCUT2D eigenvalue weighted by Gasteiger charge is -2.41. The standard InChI is InChI=1S/C21H20O7/c22-15-11-7-3-9(13(11)17(24)27-15)20(5-7)1-2-21(19(20)26)6-8-4-10(21)14-12(8)16(23)28-18(14)25/h7-14H,1-6H2/t7-,8+,9-,10?,11-,12?,13?,14-,20+,21-/m0/s1. The summed E-state index contributed by atoms with van der Waals surface area (Å²) in [7, 11) is 0. The Morgan fingerprint density at radius 2 is 1.00 bits per heavy atom. The van der Waals surface area contributed by atoms with Gasteiger partial charge in [-0.2, -0.15) is 0 Å². The van der Waals surface area contributed by atoms with E-state index in [2.05, 4.69) is 0 Å². The molecule has 7 heteroatoms. The molecule has 0 aromatic rings. The molecule has 2 saturated heterocycles. The average Bonchev–Trinajstić information content (AvgIpc) is 3.46. The summed E-state index contributed by atoms with van der Waals surface area (Å²) in [6.45, 7) is 0. The first-order valence-corrected chi connectivity index (χ1v) is 10.4. The van der Waals surface area contributed by atoms with Crippen molar-refractivity contribution < 1.29 is 33.4 Å². The van der Waals surface area contributed by atoms with Crippen LogP contribution in [0.15, 0.2) is 0 Å². The molecule has 3 unspecified atom stereocenters. The molecule has 0 amide bonds. The Hall–Kier alpha value is -2.05. The second-order valence-corrected chi connectivity index (χ2v) is 10.3.